The molecule has 1 heterocycles. The van der Waals surface area contributed by atoms with Crippen molar-refractivity contribution in [2.75, 3.05) is 26.2 Å². The lowest BCUT2D eigenvalue weighted by Gasteiger charge is -2.35. The highest BCUT2D eigenvalue weighted by molar-refractivity contribution is 5.82. The van der Waals surface area contributed by atoms with Crippen LogP contribution in [0.5, 0.6) is 5.75 Å². The summed E-state index contributed by atoms with van der Waals surface area (Å²) in [6.07, 6.45) is 2.75. The normalized spacial score (nSPS) is 17.4. The summed E-state index contributed by atoms with van der Waals surface area (Å²) in [5.74, 6) is 1.02. The average Bonchev–Trinajstić information content (AvgIpc) is 2.53. The Labute approximate surface area is 120 Å². The third-order valence-electron chi connectivity index (χ3n) is 4.12. The molecule has 110 valence electrons. The molecule has 4 heteroatoms. The first-order valence-electron chi connectivity index (χ1n) is 7.44. The van der Waals surface area contributed by atoms with Gasteiger partial charge in [-0.1, -0.05) is 25.1 Å². The fraction of sp³-hybridized carbons (Fsp3) is 0.562. The third kappa shape index (κ3) is 3.73. The van der Waals surface area contributed by atoms with Crippen LogP contribution in [0.1, 0.15) is 26.2 Å². The summed E-state index contributed by atoms with van der Waals surface area (Å²) in [6.45, 7) is 5.03. The second kappa shape index (κ2) is 7.29. The van der Waals surface area contributed by atoms with Crippen LogP contribution < -0.4 is 15.4 Å². The molecule has 0 atom stereocenters. The number of carbonyl (C=O) groups excluding carboxylic acids is 1. The van der Waals surface area contributed by atoms with Gasteiger partial charge in [-0.05, 0) is 44.5 Å². The molecule has 0 saturated carbocycles. The van der Waals surface area contributed by atoms with Gasteiger partial charge in [0.05, 0.1) is 12.0 Å². The molecule has 2 rings (SSSR count). The number of hydrogen-bond acceptors (Lipinski definition) is 3. The maximum Gasteiger partial charge on any atom is 0.226 e. The molecule has 4 nitrogen and oxygen atoms in total. The first-order chi connectivity index (χ1) is 9.77. The van der Waals surface area contributed by atoms with E-state index in [2.05, 4.69) is 17.6 Å². The SMILES string of the molecule is CCC1(C(=O)NCCOc2ccccc2)CCNCC1. The molecule has 20 heavy (non-hydrogen) atoms. The molecule has 0 radical (unpaired) electrons. The van der Waals surface area contributed by atoms with E-state index in [9.17, 15) is 4.79 Å². The van der Waals surface area contributed by atoms with Gasteiger partial charge in [0.25, 0.3) is 0 Å². The molecule has 1 aliphatic rings. The van der Waals surface area contributed by atoms with Crippen LogP contribution >= 0.6 is 0 Å². The second-order valence-corrected chi connectivity index (χ2v) is 5.30. The molecular weight excluding hydrogens is 252 g/mol. The molecule has 1 fully saturated rings. The summed E-state index contributed by atoms with van der Waals surface area (Å²) in [5, 5.41) is 6.34. The lowest BCUT2D eigenvalue weighted by Crippen LogP contribution is -2.48. The Morgan fingerprint density at radius 1 is 1.30 bits per heavy atom. The number of rotatable bonds is 6. The third-order valence-corrected chi connectivity index (χ3v) is 4.12. The molecule has 0 unspecified atom stereocenters. The summed E-state index contributed by atoms with van der Waals surface area (Å²) in [5.41, 5.74) is -0.183. The Hall–Kier alpha value is -1.55. The molecule has 1 aromatic rings. The molecule has 2 N–H and O–H groups in total. The monoisotopic (exact) mass is 276 g/mol. The first kappa shape index (κ1) is 14.9. The maximum atomic E-state index is 12.4. The maximum absolute atomic E-state index is 12.4. The van der Waals surface area contributed by atoms with Crippen LogP contribution in [0.15, 0.2) is 30.3 Å². The molecule has 1 aromatic carbocycles. The van der Waals surface area contributed by atoms with Crippen molar-refractivity contribution in [3.05, 3.63) is 30.3 Å². The molecule has 0 aromatic heterocycles. The predicted molar refractivity (Wildman–Crippen MR) is 79.8 cm³/mol. The van der Waals surface area contributed by atoms with Gasteiger partial charge in [0.15, 0.2) is 0 Å². The van der Waals surface area contributed by atoms with Crippen molar-refractivity contribution >= 4 is 5.91 Å². The van der Waals surface area contributed by atoms with E-state index in [1.54, 1.807) is 0 Å². The fourth-order valence-corrected chi connectivity index (χ4v) is 2.68. The van der Waals surface area contributed by atoms with Crippen LogP contribution in [0.4, 0.5) is 0 Å². The van der Waals surface area contributed by atoms with Gasteiger partial charge in [-0.3, -0.25) is 4.79 Å². The highest BCUT2D eigenvalue weighted by atomic mass is 16.5. The van der Waals surface area contributed by atoms with Crippen LogP contribution in [-0.4, -0.2) is 32.1 Å². The number of benzene rings is 1. The van der Waals surface area contributed by atoms with Crippen LogP contribution in [-0.2, 0) is 4.79 Å². The number of para-hydroxylation sites is 1. The van der Waals surface area contributed by atoms with Crippen molar-refractivity contribution in [2.24, 2.45) is 5.41 Å². The molecular formula is C16H24N2O2. The van der Waals surface area contributed by atoms with Gasteiger partial charge in [-0.25, -0.2) is 0 Å². The van der Waals surface area contributed by atoms with Crippen molar-refractivity contribution in [2.45, 2.75) is 26.2 Å². The minimum absolute atomic E-state index is 0.179. The zero-order chi connectivity index (χ0) is 14.3. The standard InChI is InChI=1S/C16H24N2O2/c1-2-16(8-10-17-11-9-16)15(19)18-12-13-20-14-6-4-3-5-7-14/h3-7,17H,2,8-13H2,1H3,(H,18,19). The van der Waals surface area contributed by atoms with Gasteiger partial charge in [-0.15, -0.1) is 0 Å². The van der Waals surface area contributed by atoms with Crippen LogP contribution in [0, 0.1) is 5.41 Å². The lowest BCUT2D eigenvalue weighted by atomic mass is 9.76. The number of ether oxygens (including phenoxy) is 1. The Kier molecular flexibility index (Phi) is 5.41. The van der Waals surface area contributed by atoms with Crippen LogP contribution in [0.3, 0.4) is 0 Å². The quantitative estimate of drug-likeness (QED) is 0.781. The van der Waals surface area contributed by atoms with Crippen LogP contribution in [0.2, 0.25) is 0 Å². The highest BCUT2D eigenvalue weighted by Gasteiger charge is 2.37. The van der Waals surface area contributed by atoms with Crippen molar-refractivity contribution in [1.82, 2.24) is 10.6 Å². The Morgan fingerprint density at radius 2 is 2.00 bits per heavy atom. The molecule has 1 amide bonds. The Bertz CT molecular complexity index is 414. The predicted octanol–water partition coefficient (Wildman–Crippen LogP) is 1.96. The van der Waals surface area contributed by atoms with Crippen molar-refractivity contribution in [3.63, 3.8) is 0 Å². The minimum Gasteiger partial charge on any atom is -0.492 e. The summed E-state index contributed by atoms with van der Waals surface area (Å²) < 4.78 is 5.58. The number of nitrogens with one attached hydrogen (secondary N) is 2. The van der Waals surface area contributed by atoms with Crippen molar-refractivity contribution in [1.29, 1.82) is 0 Å². The van der Waals surface area contributed by atoms with E-state index in [0.717, 1.165) is 38.1 Å². The van der Waals surface area contributed by atoms with Gasteiger partial charge in [0.1, 0.15) is 12.4 Å². The van der Waals surface area contributed by atoms with E-state index in [1.165, 1.54) is 0 Å². The van der Waals surface area contributed by atoms with Gasteiger partial charge in [-0.2, -0.15) is 0 Å². The van der Waals surface area contributed by atoms with Gasteiger partial charge in [0, 0.05) is 0 Å². The lowest BCUT2D eigenvalue weighted by molar-refractivity contribution is -0.133. The molecule has 0 bridgehead atoms. The summed E-state index contributed by atoms with van der Waals surface area (Å²) in [7, 11) is 0. The Morgan fingerprint density at radius 3 is 2.65 bits per heavy atom. The van der Waals surface area contributed by atoms with E-state index in [-0.39, 0.29) is 11.3 Å². The zero-order valence-electron chi connectivity index (χ0n) is 12.2. The minimum atomic E-state index is -0.183. The smallest absolute Gasteiger partial charge is 0.226 e. The van der Waals surface area contributed by atoms with E-state index < -0.39 is 0 Å². The van der Waals surface area contributed by atoms with E-state index in [1.807, 2.05) is 30.3 Å². The summed E-state index contributed by atoms with van der Waals surface area (Å²) in [4.78, 5) is 12.4. The highest BCUT2D eigenvalue weighted by Crippen LogP contribution is 2.32. The first-order valence-corrected chi connectivity index (χ1v) is 7.44. The average molecular weight is 276 g/mol. The molecule has 1 aliphatic heterocycles. The van der Waals surface area contributed by atoms with Gasteiger partial charge < -0.3 is 15.4 Å². The summed E-state index contributed by atoms with van der Waals surface area (Å²) >= 11 is 0. The fourth-order valence-electron chi connectivity index (χ4n) is 2.68. The molecule has 0 aliphatic carbocycles. The number of carbonyl (C=O) groups is 1. The number of hydrogen-bond donors (Lipinski definition) is 2. The van der Waals surface area contributed by atoms with E-state index >= 15 is 0 Å². The zero-order valence-corrected chi connectivity index (χ0v) is 12.2. The number of piperidine rings is 1. The number of amides is 1. The van der Waals surface area contributed by atoms with Crippen LogP contribution in [0.25, 0.3) is 0 Å². The topological polar surface area (TPSA) is 50.4 Å². The van der Waals surface area contributed by atoms with Crippen molar-refractivity contribution < 1.29 is 9.53 Å². The van der Waals surface area contributed by atoms with Crippen molar-refractivity contribution in [3.8, 4) is 5.75 Å². The van der Waals surface area contributed by atoms with Gasteiger partial charge >= 0.3 is 0 Å². The van der Waals surface area contributed by atoms with Gasteiger partial charge in [0.2, 0.25) is 5.91 Å². The van der Waals surface area contributed by atoms with E-state index in [0.29, 0.717) is 13.2 Å². The Balaban J connectivity index is 1.74. The largest absolute Gasteiger partial charge is 0.492 e. The van der Waals surface area contributed by atoms with E-state index in [4.69, 9.17) is 4.74 Å². The molecule has 1 saturated heterocycles. The second-order valence-electron chi connectivity index (χ2n) is 5.30. The summed E-state index contributed by atoms with van der Waals surface area (Å²) in [6, 6.07) is 9.67. The molecule has 0 spiro atoms.